The van der Waals surface area contributed by atoms with Gasteiger partial charge in [-0.1, -0.05) is 121 Å². The molecule has 0 radical (unpaired) electrons. The highest BCUT2D eigenvalue weighted by Gasteiger charge is 2.13. The molecule has 0 aliphatic carbocycles. The molecule has 10 bridgehead atoms. The molecule has 0 N–H and O–H groups in total. The fourth-order valence-electron chi connectivity index (χ4n) is 7.21. The summed E-state index contributed by atoms with van der Waals surface area (Å²) in [4.78, 5) is 15.3. The zero-order chi connectivity index (χ0) is 32.3. The van der Waals surface area contributed by atoms with Crippen LogP contribution in [0.4, 0.5) is 0 Å². The number of hydrogen-bond acceptors (Lipinski definition) is 3. The normalized spacial score (nSPS) is 11.7. The van der Waals surface area contributed by atoms with Crippen LogP contribution in [0.1, 0.15) is 0 Å². The van der Waals surface area contributed by atoms with Crippen LogP contribution < -0.4 is 0 Å². The van der Waals surface area contributed by atoms with Gasteiger partial charge in [-0.25, -0.2) is 15.0 Å². The molecule has 0 spiro atoms. The van der Waals surface area contributed by atoms with E-state index in [2.05, 4.69) is 156 Å². The number of nitrogens with zero attached hydrogens (tertiary/aromatic N) is 4. The molecule has 0 saturated heterocycles. The molecular weight excluding hydrogens is 597 g/mol. The first-order chi connectivity index (χ1) is 24.3. The highest BCUT2D eigenvalue weighted by molar-refractivity contribution is 6.14. The Morgan fingerprint density at radius 1 is 0.327 bits per heavy atom. The van der Waals surface area contributed by atoms with Gasteiger partial charge in [-0.15, -0.1) is 0 Å². The van der Waals surface area contributed by atoms with Gasteiger partial charge in [0.25, 0.3) is 0 Å². The molecule has 0 unspecified atom stereocenters. The lowest BCUT2D eigenvalue weighted by Gasteiger charge is -2.07. The molecule has 4 heteroatoms. The number of benzene rings is 7. The highest BCUT2D eigenvalue weighted by Crippen LogP contribution is 2.36. The van der Waals surface area contributed by atoms with Gasteiger partial charge >= 0.3 is 0 Å². The van der Waals surface area contributed by atoms with Crippen molar-refractivity contribution >= 4 is 76.2 Å². The molecule has 49 heavy (non-hydrogen) atoms. The van der Waals surface area contributed by atoms with Crippen LogP contribution in [0.15, 0.2) is 170 Å². The minimum atomic E-state index is 0.643. The summed E-state index contributed by atoms with van der Waals surface area (Å²) in [7, 11) is 0. The lowest BCUT2D eigenvalue weighted by Crippen LogP contribution is -1.94. The molecule has 3 heterocycles. The van der Waals surface area contributed by atoms with Gasteiger partial charge in [-0.05, 0) is 80.8 Å². The molecule has 0 saturated carbocycles. The Bertz CT molecular complexity index is 2980. The first-order valence-electron chi connectivity index (χ1n) is 16.5. The standard InChI is InChI=1S/C45H28N4/c1-3-11-29(12-4-1)43-46-44-35-16-10-14-31(26-35)33-22-24-42-40(28-33)39-27-32(21-23-41(39)49(42)36-17-5-2-6-18-36)30-13-9-15-34(25-30)37-19-7-8-20-38(37)45(47-43)48-44/h1-28H. The van der Waals surface area contributed by atoms with Crippen molar-refractivity contribution in [3.05, 3.63) is 170 Å². The van der Waals surface area contributed by atoms with Gasteiger partial charge in [-0.2, -0.15) is 0 Å². The van der Waals surface area contributed by atoms with Crippen LogP contribution in [-0.4, -0.2) is 19.5 Å². The van der Waals surface area contributed by atoms with Crippen LogP contribution >= 0.6 is 0 Å². The van der Waals surface area contributed by atoms with Crippen molar-refractivity contribution in [1.82, 2.24) is 19.5 Å². The van der Waals surface area contributed by atoms with Crippen LogP contribution in [0.3, 0.4) is 0 Å². The van der Waals surface area contributed by atoms with E-state index in [0.29, 0.717) is 17.1 Å². The van der Waals surface area contributed by atoms with E-state index in [4.69, 9.17) is 15.0 Å². The number of para-hydroxylation sites is 1. The van der Waals surface area contributed by atoms with Crippen molar-refractivity contribution in [2.75, 3.05) is 0 Å². The molecule has 0 atom stereocenters. The van der Waals surface area contributed by atoms with Crippen LogP contribution in [0.2, 0.25) is 0 Å². The molecule has 0 fully saturated rings. The molecule has 10 rings (SSSR count). The molecule has 0 aliphatic rings. The zero-order valence-electron chi connectivity index (χ0n) is 26.5. The van der Waals surface area contributed by atoms with Crippen molar-refractivity contribution in [3.8, 4) is 17.1 Å². The Labute approximate surface area is 281 Å². The predicted octanol–water partition coefficient (Wildman–Crippen LogP) is 11.5. The van der Waals surface area contributed by atoms with Gasteiger partial charge in [0.1, 0.15) is 0 Å². The Hall–Kier alpha value is -6.65. The van der Waals surface area contributed by atoms with Gasteiger partial charge in [0, 0.05) is 32.8 Å². The lowest BCUT2D eigenvalue weighted by atomic mass is 10.0. The van der Waals surface area contributed by atoms with Crippen LogP contribution in [0, 0.1) is 0 Å². The average molecular weight is 625 g/mol. The SMILES string of the molecule is c1ccc(-c2nc3nc(n2)c2ccccc2c2cccc(c2)c2ccc4c(c2)c2cc(ccc2n4-c2ccccc2)c2cccc3c2)cc1. The fraction of sp³-hybridized carbons (Fsp3) is 0. The fourth-order valence-corrected chi connectivity index (χ4v) is 7.21. The zero-order valence-corrected chi connectivity index (χ0v) is 26.5. The number of rotatable bonds is 2. The molecule has 0 amide bonds. The average Bonchev–Trinajstić information content (AvgIpc) is 3.51. The number of aromatic nitrogens is 4. The lowest BCUT2D eigenvalue weighted by molar-refractivity contribution is 1.18. The monoisotopic (exact) mass is 624 g/mol. The molecule has 3 aromatic heterocycles. The molecular formula is C45H28N4. The van der Waals surface area contributed by atoms with E-state index in [9.17, 15) is 0 Å². The second-order valence-electron chi connectivity index (χ2n) is 12.5. The topological polar surface area (TPSA) is 43.6 Å². The van der Waals surface area contributed by atoms with Gasteiger partial charge in [0.05, 0.1) is 11.0 Å². The molecule has 0 aliphatic heterocycles. The maximum Gasteiger partial charge on any atom is 0.164 e. The summed E-state index contributed by atoms with van der Waals surface area (Å²) in [6.45, 7) is 0. The van der Waals surface area contributed by atoms with E-state index in [1.54, 1.807) is 0 Å². The Morgan fingerprint density at radius 2 is 0.857 bits per heavy atom. The minimum Gasteiger partial charge on any atom is -0.309 e. The number of hydrogen-bond donors (Lipinski definition) is 0. The minimum absolute atomic E-state index is 0.643. The summed E-state index contributed by atoms with van der Waals surface area (Å²) in [5.74, 6) is 0.648. The van der Waals surface area contributed by atoms with Crippen molar-refractivity contribution in [3.63, 3.8) is 0 Å². The molecule has 228 valence electrons. The van der Waals surface area contributed by atoms with Crippen molar-refractivity contribution in [2.24, 2.45) is 0 Å². The first-order valence-corrected chi connectivity index (χ1v) is 16.5. The van der Waals surface area contributed by atoms with Gasteiger partial charge in [-0.3, -0.25) is 0 Å². The Kier molecular flexibility index (Phi) is 6.15. The van der Waals surface area contributed by atoms with Gasteiger partial charge in [0.2, 0.25) is 0 Å². The summed E-state index contributed by atoms with van der Waals surface area (Å²) < 4.78 is 2.37. The molecule has 10 aromatic rings. The predicted molar refractivity (Wildman–Crippen MR) is 205 cm³/mol. The second-order valence-corrected chi connectivity index (χ2v) is 12.5. The van der Waals surface area contributed by atoms with E-state index < -0.39 is 0 Å². The van der Waals surface area contributed by atoms with E-state index in [1.807, 2.05) is 18.2 Å². The first kappa shape index (κ1) is 27.5. The largest absolute Gasteiger partial charge is 0.309 e. The van der Waals surface area contributed by atoms with E-state index in [-0.39, 0.29) is 0 Å². The van der Waals surface area contributed by atoms with Gasteiger partial charge in [0.15, 0.2) is 17.1 Å². The molecule has 7 aromatic carbocycles. The van der Waals surface area contributed by atoms with Gasteiger partial charge < -0.3 is 4.57 Å². The van der Waals surface area contributed by atoms with Crippen molar-refractivity contribution < 1.29 is 0 Å². The van der Waals surface area contributed by atoms with E-state index >= 15 is 0 Å². The summed E-state index contributed by atoms with van der Waals surface area (Å²) in [5, 5.41) is 11.1. The quantitative estimate of drug-likeness (QED) is 0.192. The van der Waals surface area contributed by atoms with Crippen LogP contribution in [0.25, 0.3) is 93.3 Å². The Morgan fingerprint density at radius 3 is 1.55 bits per heavy atom. The molecule has 4 nitrogen and oxygen atoms in total. The van der Waals surface area contributed by atoms with Crippen LogP contribution in [-0.2, 0) is 0 Å². The maximum atomic E-state index is 5.15. The van der Waals surface area contributed by atoms with E-state index in [0.717, 1.165) is 49.0 Å². The third-order valence-corrected chi connectivity index (χ3v) is 9.58. The van der Waals surface area contributed by atoms with Crippen LogP contribution in [0.5, 0.6) is 0 Å². The Balaban J connectivity index is 1.43. The second kappa shape index (κ2) is 11.0. The van der Waals surface area contributed by atoms with E-state index in [1.165, 1.54) is 27.2 Å². The highest BCUT2D eigenvalue weighted by atomic mass is 15.0. The summed E-state index contributed by atoms with van der Waals surface area (Å²) in [5.41, 5.74) is 5.74. The number of fused-ring (bicyclic) bond motifs is 14. The maximum absolute atomic E-state index is 5.15. The third-order valence-electron chi connectivity index (χ3n) is 9.58. The van der Waals surface area contributed by atoms with Crippen molar-refractivity contribution in [1.29, 1.82) is 0 Å². The summed E-state index contributed by atoms with van der Waals surface area (Å²) in [6.07, 6.45) is 0. The van der Waals surface area contributed by atoms with Crippen molar-refractivity contribution in [2.45, 2.75) is 0 Å². The summed E-state index contributed by atoms with van der Waals surface area (Å²) >= 11 is 0. The smallest absolute Gasteiger partial charge is 0.164 e. The third kappa shape index (κ3) is 4.57. The summed E-state index contributed by atoms with van der Waals surface area (Å²) in [6, 6.07) is 60.2.